The van der Waals surface area contributed by atoms with E-state index < -0.39 is 0 Å². The van der Waals surface area contributed by atoms with Gasteiger partial charge < -0.3 is 14.8 Å². The smallest absolute Gasteiger partial charge is 0.161 e. The molecule has 0 radical (unpaired) electrons. The molecular formula is C16H20N2O2. The van der Waals surface area contributed by atoms with Crippen LogP contribution >= 0.6 is 0 Å². The van der Waals surface area contributed by atoms with Crippen LogP contribution in [-0.4, -0.2) is 19.2 Å². The Kier molecular flexibility index (Phi) is 4.96. The van der Waals surface area contributed by atoms with Crippen LogP contribution in [0.3, 0.4) is 0 Å². The van der Waals surface area contributed by atoms with Crippen molar-refractivity contribution in [2.75, 3.05) is 14.2 Å². The van der Waals surface area contributed by atoms with Crippen LogP contribution in [0.5, 0.6) is 11.5 Å². The van der Waals surface area contributed by atoms with E-state index in [0.717, 1.165) is 30.2 Å². The molecule has 0 amide bonds. The van der Waals surface area contributed by atoms with E-state index >= 15 is 0 Å². The summed E-state index contributed by atoms with van der Waals surface area (Å²) in [6, 6.07) is 8.07. The monoisotopic (exact) mass is 272 g/mol. The average molecular weight is 272 g/mol. The second-order valence-corrected chi connectivity index (χ2v) is 4.66. The zero-order valence-electron chi connectivity index (χ0n) is 12.1. The minimum absolute atomic E-state index is 0.749. The highest BCUT2D eigenvalue weighted by molar-refractivity contribution is 5.42. The fourth-order valence-electron chi connectivity index (χ4n) is 2.06. The SMILES string of the molecule is COc1ccc(CNCc2cncc(C)c2)cc1OC. The summed E-state index contributed by atoms with van der Waals surface area (Å²) < 4.78 is 10.5. The Balaban J connectivity index is 1.94. The van der Waals surface area contributed by atoms with Crippen LogP contribution in [0.1, 0.15) is 16.7 Å². The molecule has 4 heteroatoms. The van der Waals surface area contributed by atoms with E-state index in [-0.39, 0.29) is 0 Å². The van der Waals surface area contributed by atoms with Gasteiger partial charge in [-0.05, 0) is 35.7 Å². The molecule has 0 aliphatic rings. The number of hydrogen-bond acceptors (Lipinski definition) is 4. The first kappa shape index (κ1) is 14.3. The summed E-state index contributed by atoms with van der Waals surface area (Å²) in [5.41, 5.74) is 3.52. The summed E-state index contributed by atoms with van der Waals surface area (Å²) in [6.07, 6.45) is 3.74. The lowest BCUT2D eigenvalue weighted by Gasteiger charge is -2.10. The number of benzene rings is 1. The van der Waals surface area contributed by atoms with Gasteiger partial charge in [-0.2, -0.15) is 0 Å². The molecule has 0 saturated carbocycles. The first-order valence-electron chi connectivity index (χ1n) is 6.55. The van der Waals surface area contributed by atoms with Gasteiger partial charge in [0.1, 0.15) is 0 Å². The zero-order chi connectivity index (χ0) is 14.4. The van der Waals surface area contributed by atoms with Gasteiger partial charge in [0.25, 0.3) is 0 Å². The minimum Gasteiger partial charge on any atom is -0.493 e. The van der Waals surface area contributed by atoms with Gasteiger partial charge in [0.05, 0.1) is 14.2 Å². The summed E-state index contributed by atoms with van der Waals surface area (Å²) in [5, 5.41) is 3.40. The Morgan fingerprint density at radius 3 is 2.40 bits per heavy atom. The maximum Gasteiger partial charge on any atom is 0.161 e. The minimum atomic E-state index is 0.749. The van der Waals surface area contributed by atoms with Gasteiger partial charge in [-0.3, -0.25) is 4.98 Å². The van der Waals surface area contributed by atoms with E-state index in [2.05, 4.69) is 16.4 Å². The van der Waals surface area contributed by atoms with Crippen LogP contribution in [-0.2, 0) is 13.1 Å². The molecule has 0 aliphatic heterocycles. The Labute approximate surface area is 119 Å². The molecule has 2 aromatic rings. The molecule has 0 bridgehead atoms. The highest BCUT2D eigenvalue weighted by Gasteiger charge is 2.04. The van der Waals surface area contributed by atoms with E-state index in [1.165, 1.54) is 11.1 Å². The molecule has 2 rings (SSSR count). The number of pyridine rings is 1. The fourth-order valence-corrected chi connectivity index (χ4v) is 2.06. The predicted octanol–water partition coefficient (Wildman–Crippen LogP) is 2.70. The van der Waals surface area contributed by atoms with Crippen molar-refractivity contribution in [3.8, 4) is 11.5 Å². The van der Waals surface area contributed by atoms with Gasteiger partial charge in [-0.15, -0.1) is 0 Å². The fraction of sp³-hybridized carbons (Fsp3) is 0.312. The lowest BCUT2D eigenvalue weighted by molar-refractivity contribution is 0.354. The van der Waals surface area contributed by atoms with E-state index in [4.69, 9.17) is 9.47 Å². The van der Waals surface area contributed by atoms with Crippen LogP contribution in [0.25, 0.3) is 0 Å². The molecule has 1 N–H and O–H groups in total. The van der Waals surface area contributed by atoms with Crippen LogP contribution < -0.4 is 14.8 Å². The maximum atomic E-state index is 5.29. The van der Waals surface area contributed by atoms with Gasteiger partial charge in [0.2, 0.25) is 0 Å². The van der Waals surface area contributed by atoms with Crippen LogP contribution in [0, 0.1) is 6.92 Å². The zero-order valence-corrected chi connectivity index (χ0v) is 12.1. The summed E-state index contributed by atoms with van der Waals surface area (Å²) in [7, 11) is 3.29. The third-order valence-corrected chi connectivity index (χ3v) is 3.04. The van der Waals surface area contributed by atoms with Gasteiger partial charge in [0.15, 0.2) is 11.5 Å². The molecule has 1 aromatic heterocycles. The molecule has 1 aromatic carbocycles. The van der Waals surface area contributed by atoms with Crippen molar-refractivity contribution >= 4 is 0 Å². The van der Waals surface area contributed by atoms with Gasteiger partial charge >= 0.3 is 0 Å². The number of nitrogens with zero attached hydrogens (tertiary/aromatic N) is 1. The number of rotatable bonds is 6. The van der Waals surface area contributed by atoms with Crippen molar-refractivity contribution in [1.82, 2.24) is 10.3 Å². The van der Waals surface area contributed by atoms with E-state index in [1.807, 2.05) is 37.5 Å². The van der Waals surface area contributed by atoms with Crippen molar-refractivity contribution in [2.24, 2.45) is 0 Å². The molecule has 0 fully saturated rings. The summed E-state index contributed by atoms with van der Waals surface area (Å²) in [6.45, 7) is 3.61. The van der Waals surface area contributed by atoms with E-state index in [9.17, 15) is 0 Å². The van der Waals surface area contributed by atoms with Crippen molar-refractivity contribution in [3.05, 3.63) is 53.3 Å². The first-order valence-corrected chi connectivity index (χ1v) is 6.55. The summed E-state index contributed by atoms with van der Waals surface area (Å²) >= 11 is 0. The van der Waals surface area contributed by atoms with Crippen molar-refractivity contribution in [1.29, 1.82) is 0 Å². The Bertz CT molecular complexity index is 570. The number of aryl methyl sites for hydroxylation is 1. The topological polar surface area (TPSA) is 43.4 Å². The van der Waals surface area contributed by atoms with Crippen LogP contribution in [0.15, 0.2) is 36.7 Å². The quantitative estimate of drug-likeness (QED) is 0.878. The van der Waals surface area contributed by atoms with Gasteiger partial charge in [0, 0.05) is 25.5 Å². The average Bonchev–Trinajstić information content (AvgIpc) is 2.47. The summed E-state index contributed by atoms with van der Waals surface area (Å²) in [5.74, 6) is 1.50. The second kappa shape index (κ2) is 6.91. The normalized spacial score (nSPS) is 10.3. The van der Waals surface area contributed by atoms with Gasteiger partial charge in [-0.25, -0.2) is 0 Å². The van der Waals surface area contributed by atoms with Crippen molar-refractivity contribution in [3.63, 3.8) is 0 Å². The molecule has 0 aliphatic carbocycles. The van der Waals surface area contributed by atoms with Crippen LogP contribution in [0.4, 0.5) is 0 Å². The van der Waals surface area contributed by atoms with E-state index in [1.54, 1.807) is 14.2 Å². The molecule has 4 nitrogen and oxygen atoms in total. The molecular weight excluding hydrogens is 252 g/mol. The molecule has 106 valence electrons. The molecule has 0 spiro atoms. The molecule has 0 saturated heterocycles. The Morgan fingerprint density at radius 1 is 0.950 bits per heavy atom. The standard InChI is InChI=1S/C16H20N2O2/c1-12-6-14(10-17-8-12)11-18-9-13-4-5-15(19-2)16(7-13)20-3/h4-8,10,18H,9,11H2,1-3H3. The van der Waals surface area contributed by atoms with Crippen molar-refractivity contribution < 1.29 is 9.47 Å². The molecule has 1 heterocycles. The number of methoxy groups -OCH3 is 2. The lowest BCUT2D eigenvalue weighted by Crippen LogP contribution is -2.13. The largest absolute Gasteiger partial charge is 0.493 e. The number of aromatic nitrogens is 1. The molecule has 0 atom stereocenters. The number of nitrogens with one attached hydrogen (secondary N) is 1. The third-order valence-electron chi connectivity index (χ3n) is 3.04. The highest BCUT2D eigenvalue weighted by atomic mass is 16.5. The van der Waals surface area contributed by atoms with E-state index in [0.29, 0.717) is 0 Å². The number of hydrogen-bond donors (Lipinski definition) is 1. The Hall–Kier alpha value is -2.07. The second-order valence-electron chi connectivity index (χ2n) is 4.66. The number of ether oxygens (including phenoxy) is 2. The van der Waals surface area contributed by atoms with Gasteiger partial charge in [-0.1, -0.05) is 12.1 Å². The maximum absolute atomic E-state index is 5.29. The predicted molar refractivity (Wildman–Crippen MR) is 79.1 cm³/mol. The first-order chi connectivity index (χ1) is 9.72. The molecule has 20 heavy (non-hydrogen) atoms. The molecule has 0 unspecified atom stereocenters. The van der Waals surface area contributed by atoms with Crippen molar-refractivity contribution in [2.45, 2.75) is 20.0 Å². The summed E-state index contributed by atoms with van der Waals surface area (Å²) in [4.78, 5) is 4.18. The van der Waals surface area contributed by atoms with Crippen LogP contribution in [0.2, 0.25) is 0 Å². The Morgan fingerprint density at radius 2 is 1.70 bits per heavy atom. The highest BCUT2D eigenvalue weighted by Crippen LogP contribution is 2.27. The lowest BCUT2D eigenvalue weighted by atomic mass is 10.2. The third kappa shape index (κ3) is 3.71.